The lowest BCUT2D eigenvalue weighted by Gasteiger charge is -2.06. The lowest BCUT2D eigenvalue weighted by molar-refractivity contribution is -0.142. The zero-order chi connectivity index (χ0) is 9.68. The van der Waals surface area contributed by atoms with Crippen molar-refractivity contribution in [2.24, 2.45) is 5.73 Å². The summed E-state index contributed by atoms with van der Waals surface area (Å²) in [6.45, 7) is 0. The van der Waals surface area contributed by atoms with Gasteiger partial charge in [-0.2, -0.15) is 0 Å². The van der Waals surface area contributed by atoms with E-state index in [1.165, 1.54) is 7.11 Å². The van der Waals surface area contributed by atoms with E-state index >= 15 is 0 Å². The minimum absolute atomic E-state index is 0. The normalized spacial score (nSPS) is 10.5. The predicted molar refractivity (Wildman–Crippen MR) is 60.2 cm³/mol. The first kappa shape index (κ1) is 16.5. The summed E-state index contributed by atoms with van der Waals surface area (Å²) in [6.07, 6.45) is 3.51. The van der Waals surface area contributed by atoms with Gasteiger partial charge in [0.1, 0.15) is 11.9 Å². The van der Waals surface area contributed by atoms with E-state index in [2.05, 4.69) is 14.7 Å². The summed E-state index contributed by atoms with van der Waals surface area (Å²) in [6, 6.07) is 1.01. The number of halogens is 2. The molecule has 0 spiro atoms. The molecule has 0 aromatic carbocycles. The van der Waals surface area contributed by atoms with Crippen LogP contribution < -0.4 is 5.73 Å². The smallest absolute Gasteiger partial charge is 0.323 e. The Bertz CT molecular complexity index is 284. The molecule has 5 nitrogen and oxygen atoms in total. The Balaban J connectivity index is 0. The van der Waals surface area contributed by atoms with Crippen LogP contribution in [0.4, 0.5) is 0 Å². The van der Waals surface area contributed by atoms with Crippen molar-refractivity contribution in [3.8, 4) is 0 Å². The minimum atomic E-state index is -0.688. The van der Waals surface area contributed by atoms with Gasteiger partial charge < -0.3 is 10.5 Å². The van der Waals surface area contributed by atoms with Crippen LogP contribution in [0.1, 0.15) is 5.82 Å². The van der Waals surface area contributed by atoms with Crippen LogP contribution in [0, 0.1) is 0 Å². The molecule has 2 N–H and O–H groups in total. The quantitative estimate of drug-likeness (QED) is 0.788. The maximum atomic E-state index is 10.9. The lowest BCUT2D eigenvalue weighted by atomic mass is 10.2. The van der Waals surface area contributed by atoms with Crippen LogP contribution in [0.5, 0.6) is 0 Å². The number of esters is 1. The molecule has 1 aromatic rings. The number of nitrogens with zero attached hydrogens (tertiary/aromatic N) is 2. The van der Waals surface area contributed by atoms with E-state index in [-0.39, 0.29) is 24.8 Å². The van der Waals surface area contributed by atoms with Crippen molar-refractivity contribution < 1.29 is 9.53 Å². The van der Waals surface area contributed by atoms with Crippen LogP contribution >= 0.6 is 24.8 Å². The Morgan fingerprint density at radius 1 is 1.47 bits per heavy atom. The van der Waals surface area contributed by atoms with E-state index in [0.29, 0.717) is 12.2 Å². The molecule has 1 atom stereocenters. The summed E-state index contributed by atoms with van der Waals surface area (Å²) >= 11 is 0. The van der Waals surface area contributed by atoms with E-state index < -0.39 is 12.0 Å². The second-order valence-corrected chi connectivity index (χ2v) is 2.50. The second kappa shape index (κ2) is 8.40. The Morgan fingerprint density at radius 3 is 2.47 bits per heavy atom. The van der Waals surface area contributed by atoms with Crippen molar-refractivity contribution in [2.45, 2.75) is 12.5 Å². The van der Waals surface area contributed by atoms with Crippen molar-refractivity contribution in [3.63, 3.8) is 0 Å². The van der Waals surface area contributed by atoms with Gasteiger partial charge in [-0.05, 0) is 6.07 Å². The van der Waals surface area contributed by atoms with Crippen molar-refractivity contribution in [3.05, 3.63) is 24.3 Å². The van der Waals surface area contributed by atoms with Crippen LogP contribution in [0.25, 0.3) is 0 Å². The van der Waals surface area contributed by atoms with Gasteiger partial charge in [0.25, 0.3) is 0 Å². The van der Waals surface area contributed by atoms with Gasteiger partial charge in [0.2, 0.25) is 0 Å². The third kappa shape index (κ3) is 5.51. The summed E-state index contributed by atoms with van der Waals surface area (Å²) in [5.74, 6) is 0.0906. The maximum Gasteiger partial charge on any atom is 0.323 e. The maximum absolute atomic E-state index is 10.9. The highest BCUT2D eigenvalue weighted by atomic mass is 35.5. The van der Waals surface area contributed by atoms with Gasteiger partial charge in [0.05, 0.1) is 7.11 Å². The third-order valence-corrected chi connectivity index (χ3v) is 1.53. The third-order valence-electron chi connectivity index (χ3n) is 1.53. The molecule has 0 amide bonds. The number of hydrogen-bond acceptors (Lipinski definition) is 5. The number of rotatable bonds is 3. The number of ether oxygens (including phenoxy) is 1. The minimum Gasteiger partial charge on any atom is -0.468 e. The van der Waals surface area contributed by atoms with Gasteiger partial charge in [-0.15, -0.1) is 24.8 Å². The molecule has 7 heteroatoms. The molecule has 0 aliphatic heterocycles. The number of carbonyl (C=O) groups excluding carboxylic acids is 1. The number of hydrogen-bond donors (Lipinski definition) is 1. The first-order valence-electron chi connectivity index (χ1n) is 3.83. The lowest BCUT2D eigenvalue weighted by Crippen LogP contribution is -2.34. The van der Waals surface area contributed by atoms with E-state index in [4.69, 9.17) is 5.73 Å². The van der Waals surface area contributed by atoms with Gasteiger partial charge in [-0.3, -0.25) is 4.79 Å². The molecule has 0 fully saturated rings. The van der Waals surface area contributed by atoms with Crippen LogP contribution in [0.3, 0.4) is 0 Å². The molecule has 0 radical (unpaired) electrons. The number of nitrogens with two attached hydrogens (primary N) is 1. The first-order chi connectivity index (χ1) is 6.24. The van der Waals surface area contributed by atoms with Gasteiger partial charge in [-0.25, -0.2) is 9.97 Å². The number of methoxy groups -OCH3 is 1. The molecule has 86 valence electrons. The molecule has 0 aliphatic carbocycles. The van der Waals surface area contributed by atoms with Crippen LogP contribution in [-0.4, -0.2) is 29.1 Å². The van der Waals surface area contributed by atoms with Crippen molar-refractivity contribution in [1.29, 1.82) is 0 Å². The zero-order valence-electron chi connectivity index (χ0n) is 8.12. The van der Waals surface area contributed by atoms with E-state index in [9.17, 15) is 4.79 Å². The number of carbonyl (C=O) groups is 1. The van der Waals surface area contributed by atoms with Gasteiger partial charge in [0.15, 0.2) is 0 Å². The van der Waals surface area contributed by atoms with E-state index in [1.54, 1.807) is 18.5 Å². The molecular weight excluding hydrogens is 241 g/mol. The average molecular weight is 254 g/mol. The molecular formula is C8H13Cl2N3O2. The zero-order valence-corrected chi connectivity index (χ0v) is 9.75. The fourth-order valence-corrected chi connectivity index (χ4v) is 0.867. The molecule has 15 heavy (non-hydrogen) atoms. The molecule has 1 heterocycles. The first-order valence-corrected chi connectivity index (χ1v) is 3.83. The molecule has 1 aromatic heterocycles. The molecule has 1 unspecified atom stereocenters. The van der Waals surface area contributed by atoms with Gasteiger partial charge >= 0.3 is 5.97 Å². The molecule has 0 saturated heterocycles. The Hall–Kier alpha value is -0.910. The standard InChI is InChI=1S/C8H11N3O2.2ClH/c1-13-8(12)6(9)5-7-10-3-2-4-11-7;;/h2-4,6H,5,9H2,1H3;2*1H. The van der Waals surface area contributed by atoms with Crippen molar-refractivity contribution in [1.82, 2.24) is 9.97 Å². The number of aromatic nitrogens is 2. The average Bonchev–Trinajstić information content (AvgIpc) is 2.18. The largest absolute Gasteiger partial charge is 0.468 e. The molecule has 0 saturated carbocycles. The van der Waals surface area contributed by atoms with Crippen LogP contribution in [0.2, 0.25) is 0 Å². The Labute approximate surface area is 100 Å². The van der Waals surface area contributed by atoms with E-state index in [0.717, 1.165) is 0 Å². The van der Waals surface area contributed by atoms with Crippen LogP contribution in [-0.2, 0) is 16.0 Å². The fraction of sp³-hybridized carbons (Fsp3) is 0.375. The van der Waals surface area contributed by atoms with E-state index in [1.807, 2.05) is 0 Å². The molecule has 0 aliphatic rings. The topological polar surface area (TPSA) is 78.1 Å². The van der Waals surface area contributed by atoms with Crippen molar-refractivity contribution >= 4 is 30.8 Å². The highest BCUT2D eigenvalue weighted by molar-refractivity contribution is 5.85. The summed E-state index contributed by atoms with van der Waals surface area (Å²) < 4.78 is 4.46. The molecule has 0 bridgehead atoms. The summed E-state index contributed by atoms with van der Waals surface area (Å²) in [5, 5.41) is 0. The summed E-state index contributed by atoms with van der Waals surface area (Å²) in [5.41, 5.74) is 5.51. The van der Waals surface area contributed by atoms with Crippen molar-refractivity contribution in [2.75, 3.05) is 7.11 Å². The second-order valence-electron chi connectivity index (χ2n) is 2.50. The highest BCUT2D eigenvalue weighted by Crippen LogP contribution is 1.94. The van der Waals surface area contributed by atoms with Gasteiger partial charge in [-0.1, -0.05) is 0 Å². The summed E-state index contributed by atoms with van der Waals surface area (Å²) in [4.78, 5) is 18.8. The Morgan fingerprint density at radius 2 is 2.00 bits per heavy atom. The predicted octanol–water partition coefficient (Wildman–Crippen LogP) is 0.363. The highest BCUT2D eigenvalue weighted by Gasteiger charge is 2.14. The molecule has 1 rings (SSSR count). The SMILES string of the molecule is COC(=O)C(N)Cc1ncccn1.Cl.Cl. The van der Waals surface area contributed by atoms with Crippen LogP contribution in [0.15, 0.2) is 18.5 Å². The summed E-state index contributed by atoms with van der Waals surface area (Å²) in [7, 11) is 1.30. The fourth-order valence-electron chi connectivity index (χ4n) is 0.867. The monoisotopic (exact) mass is 253 g/mol. The van der Waals surface area contributed by atoms with Gasteiger partial charge in [0, 0.05) is 18.8 Å². The Kier molecular flexibility index (Phi) is 9.25.